The highest BCUT2D eigenvalue weighted by Gasteiger charge is 2.10. The number of methoxy groups -OCH3 is 1. The number of benzene rings is 1. The average Bonchev–Trinajstić information content (AvgIpc) is 2.30. The number of ether oxygens (including phenoxy) is 1. The van der Waals surface area contributed by atoms with E-state index in [0.717, 1.165) is 29.8 Å². The predicted octanol–water partition coefficient (Wildman–Crippen LogP) is 2.57. The average molecular weight is 218 g/mol. The van der Waals surface area contributed by atoms with Gasteiger partial charge in [0.1, 0.15) is 11.8 Å². The van der Waals surface area contributed by atoms with Gasteiger partial charge in [-0.25, -0.2) is 0 Å². The van der Waals surface area contributed by atoms with Gasteiger partial charge in [-0.3, -0.25) is 5.32 Å². The third-order valence-electron chi connectivity index (χ3n) is 2.48. The summed E-state index contributed by atoms with van der Waals surface area (Å²) in [5.74, 6) is 0.857. The summed E-state index contributed by atoms with van der Waals surface area (Å²) >= 11 is 0. The van der Waals surface area contributed by atoms with E-state index in [2.05, 4.69) is 18.3 Å². The van der Waals surface area contributed by atoms with E-state index in [1.807, 2.05) is 25.1 Å². The lowest BCUT2D eigenvalue weighted by Gasteiger charge is -2.13. The molecular weight excluding hydrogens is 200 g/mol. The topological polar surface area (TPSA) is 45.0 Å². The van der Waals surface area contributed by atoms with E-state index < -0.39 is 0 Å². The highest BCUT2D eigenvalue weighted by atomic mass is 16.5. The van der Waals surface area contributed by atoms with Crippen LogP contribution in [0.2, 0.25) is 0 Å². The lowest BCUT2D eigenvalue weighted by atomic mass is 10.0. The van der Waals surface area contributed by atoms with Crippen molar-refractivity contribution in [2.75, 3.05) is 13.7 Å². The van der Waals surface area contributed by atoms with Crippen LogP contribution in [0.3, 0.4) is 0 Å². The second kappa shape index (κ2) is 6.14. The van der Waals surface area contributed by atoms with Gasteiger partial charge in [0.25, 0.3) is 0 Å². The zero-order chi connectivity index (χ0) is 12.0. The number of hydrogen-bond acceptors (Lipinski definition) is 3. The van der Waals surface area contributed by atoms with E-state index in [0.29, 0.717) is 0 Å². The monoisotopic (exact) mass is 218 g/mol. The fourth-order valence-electron chi connectivity index (χ4n) is 1.61. The Hall–Kier alpha value is -1.53. The summed E-state index contributed by atoms with van der Waals surface area (Å²) < 4.78 is 5.19. The van der Waals surface area contributed by atoms with Crippen LogP contribution in [-0.4, -0.2) is 13.7 Å². The minimum absolute atomic E-state index is 0.232. The summed E-state index contributed by atoms with van der Waals surface area (Å²) in [7, 11) is 1.65. The van der Waals surface area contributed by atoms with Crippen molar-refractivity contribution in [1.29, 1.82) is 5.26 Å². The van der Waals surface area contributed by atoms with E-state index in [1.165, 1.54) is 0 Å². The molecule has 1 rings (SSSR count). The number of nitrogens with zero attached hydrogens (tertiary/aromatic N) is 1. The first-order chi connectivity index (χ1) is 7.72. The molecule has 0 heterocycles. The Kier molecular flexibility index (Phi) is 4.81. The van der Waals surface area contributed by atoms with Crippen LogP contribution >= 0.6 is 0 Å². The Morgan fingerprint density at radius 3 is 2.75 bits per heavy atom. The molecule has 0 aliphatic heterocycles. The summed E-state index contributed by atoms with van der Waals surface area (Å²) in [5.41, 5.74) is 2.05. The molecule has 0 amide bonds. The van der Waals surface area contributed by atoms with Crippen molar-refractivity contribution >= 4 is 0 Å². The SMILES string of the molecule is CCCNC(C#N)c1ccc(OC)c(C)c1. The molecule has 1 aromatic carbocycles. The Bertz CT molecular complexity index is 382. The first-order valence-corrected chi connectivity index (χ1v) is 5.50. The Morgan fingerprint density at radius 1 is 1.50 bits per heavy atom. The Morgan fingerprint density at radius 2 is 2.25 bits per heavy atom. The molecule has 0 saturated carbocycles. The van der Waals surface area contributed by atoms with Gasteiger partial charge in [0.2, 0.25) is 0 Å². The molecule has 1 unspecified atom stereocenters. The first-order valence-electron chi connectivity index (χ1n) is 5.50. The maximum absolute atomic E-state index is 9.08. The van der Waals surface area contributed by atoms with Crippen molar-refractivity contribution in [1.82, 2.24) is 5.32 Å². The Balaban J connectivity index is 2.86. The number of hydrogen-bond donors (Lipinski definition) is 1. The molecule has 0 bridgehead atoms. The van der Waals surface area contributed by atoms with E-state index in [-0.39, 0.29) is 6.04 Å². The number of nitrogens with one attached hydrogen (secondary N) is 1. The number of aryl methyl sites for hydroxylation is 1. The molecule has 3 nitrogen and oxygen atoms in total. The first kappa shape index (κ1) is 12.5. The summed E-state index contributed by atoms with van der Waals surface area (Å²) in [5, 5.41) is 12.3. The molecule has 86 valence electrons. The summed E-state index contributed by atoms with van der Waals surface area (Å²) in [6.07, 6.45) is 1.02. The van der Waals surface area contributed by atoms with Gasteiger partial charge in [-0.1, -0.05) is 13.0 Å². The highest BCUT2D eigenvalue weighted by Crippen LogP contribution is 2.22. The molecule has 1 N–H and O–H groups in total. The molecule has 0 saturated heterocycles. The zero-order valence-electron chi connectivity index (χ0n) is 10.1. The fraction of sp³-hybridized carbons (Fsp3) is 0.462. The smallest absolute Gasteiger partial charge is 0.121 e. The van der Waals surface area contributed by atoms with Crippen LogP contribution in [0.4, 0.5) is 0 Å². The van der Waals surface area contributed by atoms with Crippen LogP contribution in [0.15, 0.2) is 18.2 Å². The third-order valence-corrected chi connectivity index (χ3v) is 2.48. The van der Waals surface area contributed by atoms with Crippen LogP contribution in [0, 0.1) is 18.3 Å². The van der Waals surface area contributed by atoms with Crippen LogP contribution in [0.25, 0.3) is 0 Å². The van der Waals surface area contributed by atoms with Gasteiger partial charge in [-0.2, -0.15) is 5.26 Å². The molecule has 1 atom stereocenters. The molecule has 0 aliphatic rings. The maximum atomic E-state index is 9.08. The van der Waals surface area contributed by atoms with Gasteiger partial charge >= 0.3 is 0 Å². The van der Waals surface area contributed by atoms with E-state index >= 15 is 0 Å². The summed E-state index contributed by atoms with van der Waals surface area (Å²) in [6.45, 7) is 4.92. The molecule has 0 radical (unpaired) electrons. The van der Waals surface area contributed by atoms with Crippen molar-refractivity contribution in [3.63, 3.8) is 0 Å². The zero-order valence-corrected chi connectivity index (χ0v) is 10.1. The third kappa shape index (κ3) is 2.98. The van der Waals surface area contributed by atoms with Gasteiger partial charge < -0.3 is 4.74 Å². The van der Waals surface area contributed by atoms with Gasteiger partial charge in [-0.05, 0) is 43.1 Å². The van der Waals surface area contributed by atoms with Crippen molar-refractivity contribution in [2.45, 2.75) is 26.3 Å². The minimum atomic E-state index is -0.232. The van der Waals surface area contributed by atoms with Crippen LogP contribution in [0.1, 0.15) is 30.5 Å². The van der Waals surface area contributed by atoms with Gasteiger partial charge in [0, 0.05) is 0 Å². The normalized spacial score (nSPS) is 11.9. The van der Waals surface area contributed by atoms with Crippen LogP contribution in [-0.2, 0) is 0 Å². The van der Waals surface area contributed by atoms with Crippen LogP contribution in [0.5, 0.6) is 5.75 Å². The molecule has 3 heteroatoms. The molecule has 0 aliphatic carbocycles. The van der Waals surface area contributed by atoms with E-state index in [4.69, 9.17) is 10.00 Å². The molecule has 0 spiro atoms. The minimum Gasteiger partial charge on any atom is -0.496 e. The molecule has 1 aromatic rings. The standard InChI is InChI=1S/C13H18N2O/c1-4-7-15-12(9-14)11-5-6-13(16-3)10(2)8-11/h5-6,8,12,15H,4,7H2,1-3H3. The van der Waals surface area contributed by atoms with Gasteiger partial charge in [-0.15, -0.1) is 0 Å². The molecule has 0 fully saturated rings. The summed E-state index contributed by atoms with van der Waals surface area (Å²) in [6, 6.07) is 7.87. The lowest BCUT2D eigenvalue weighted by molar-refractivity contribution is 0.411. The largest absolute Gasteiger partial charge is 0.496 e. The summed E-state index contributed by atoms with van der Waals surface area (Å²) in [4.78, 5) is 0. The molecular formula is C13H18N2O. The maximum Gasteiger partial charge on any atom is 0.121 e. The van der Waals surface area contributed by atoms with E-state index in [9.17, 15) is 0 Å². The molecule has 0 aromatic heterocycles. The second-order valence-electron chi connectivity index (χ2n) is 3.75. The number of rotatable bonds is 5. The molecule has 16 heavy (non-hydrogen) atoms. The predicted molar refractivity (Wildman–Crippen MR) is 64.4 cm³/mol. The van der Waals surface area contributed by atoms with Crippen LogP contribution < -0.4 is 10.1 Å². The fourth-order valence-corrected chi connectivity index (χ4v) is 1.61. The van der Waals surface area contributed by atoms with Gasteiger partial charge in [0.15, 0.2) is 0 Å². The van der Waals surface area contributed by atoms with Crippen molar-refractivity contribution in [2.24, 2.45) is 0 Å². The second-order valence-corrected chi connectivity index (χ2v) is 3.75. The van der Waals surface area contributed by atoms with Crippen molar-refractivity contribution < 1.29 is 4.74 Å². The Labute approximate surface area is 97.0 Å². The van der Waals surface area contributed by atoms with Gasteiger partial charge in [0.05, 0.1) is 13.2 Å². The van der Waals surface area contributed by atoms with Crippen molar-refractivity contribution in [3.05, 3.63) is 29.3 Å². The van der Waals surface area contributed by atoms with E-state index in [1.54, 1.807) is 7.11 Å². The highest BCUT2D eigenvalue weighted by molar-refractivity contribution is 5.38. The van der Waals surface area contributed by atoms with Crippen molar-refractivity contribution in [3.8, 4) is 11.8 Å². The quantitative estimate of drug-likeness (QED) is 0.826. The lowest BCUT2D eigenvalue weighted by Crippen LogP contribution is -2.20. The number of nitriles is 1.